The van der Waals surface area contributed by atoms with Gasteiger partial charge in [-0.2, -0.15) is 0 Å². The summed E-state index contributed by atoms with van der Waals surface area (Å²) < 4.78 is 11.4. The van der Waals surface area contributed by atoms with Crippen LogP contribution in [-0.4, -0.2) is 53.5 Å². The monoisotopic (exact) mass is 495 g/mol. The third kappa shape index (κ3) is 6.42. The van der Waals surface area contributed by atoms with Gasteiger partial charge >= 0.3 is 0 Å². The minimum Gasteiger partial charge on any atom is -0.493 e. The Labute approximate surface area is 210 Å². The first kappa shape index (κ1) is 24.8. The standard InChI is InChI=1S/C27H30ClN3O4/c1-20-14-24(35-29-20)26(33)31-13-7-12-27(18-31,19-34-23-11-6-10-22(28)15-23)16-25(32)30(2)17-21-8-4-3-5-9-21/h3-6,8-11,14-15H,7,12-13,16-19H2,1-2H3. The van der Waals surface area contributed by atoms with Crippen molar-refractivity contribution in [2.24, 2.45) is 5.41 Å². The molecule has 7 nitrogen and oxygen atoms in total. The van der Waals surface area contributed by atoms with Crippen molar-refractivity contribution in [1.29, 1.82) is 0 Å². The van der Waals surface area contributed by atoms with Crippen molar-refractivity contribution in [3.05, 3.63) is 82.7 Å². The maximum atomic E-state index is 13.4. The van der Waals surface area contributed by atoms with E-state index in [-0.39, 0.29) is 30.6 Å². The van der Waals surface area contributed by atoms with E-state index in [1.54, 1.807) is 34.9 Å². The number of ether oxygens (including phenoxy) is 1. The van der Waals surface area contributed by atoms with Crippen LogP contribution in [0, 0.1) is 12.3 Å². The highest BCUT2D eigenvalue weighted by Gasteiger charge is 2.41. The van der Waals surface area contributed by atoms with Crippen molar-refractivity contribution in [3.8, 4) is 5.75 Å². The van der Waals surface area contributed by atoms with E-state index < -0.39 is 5.41 Å². The average Bonchev–Trinajstić information content (AvgIpc) is 3.29. The summed E-state index contributed by atoms with van der Waals surface area (Å²) >= 11 is 6.13. The minimum absolute atomic E-state index is 0.00774. The summed E-state index contributed by atoms with van der Waals surface area (Å²) in [5.41, 5.74) is 1.17. The van der Waals surface area contributed by atoms with Crippen LogP contribution in [0.5, 0.6) is 5.75 Å². The normalized spacial score (nSPS) is 17.7. The second kappa shape index (κ2) is 11.0. The molecule has 1 aliphatic heterocycles. The van der Waals surface area contributed by atoms with Crippen molar-refractivity contribution in [3.63, 3.8) is 0 Å². The van der Waals surface area contributed by atoms with E-state index in [1.807, 2.05) is 49.5 Å². The molecule has 2 amide bonds. The van der Waals surface area contributed by atoms with E-state index in [4.69, 9.17) is 20.9 Å². The highest BCUT2D eigenvalue weighted by molar-refractivity contribution is 6.30. The highest BCUT2D eigenvalue weighted by atomic mass is 35.5. The molecule has 0 saturated carbocycles. The third-order valence-electron chi connectivity index (χ3n) is 6.34. The maximum absolute atomic E-state index is 13.4. The summed E-state index contributed by atoms with van der Waals surface area (Å²) in [6.45, 7) is 3.56. The highest BCUT2D eigenvalue weighted by Crippen LogP contribution is 2.36. The Morgan fingerprint density at radius 3 is 2.69 bits per heavy atom. The van der Waals surface area contributed by atoms with Crippen LogP contribution in [0.15, 0.2) is 65.2 Å². The predicted molar refractivity (Wildman–Crippen MR) is 133 cm³/mol. The van der Waals surface area contributed by atoms with Gasteiger partial charge in [0, 0.05) is 49.6 Å². The number of hydrogen-bond acceptors (Lipinski definition) is 5. The fourth-order valence-corrected chi connectivity index (χ4v) is 4.69. The quantitative estimate of drug-likeness (QED) is 0.440. The number of aryl methyl sites for hydroxylation is 1. The number of carbonyl (C=O) groups is 2. The summed E-state index contributed by atoms with van der Waals surface area (Å²) in [5, 5.41) is 4.42. The second-order valence-corrected chi connectivity index (χ2v) is 9.76. The molecular formula is C27H30ClN3O4. The maximum Gasteiger partial charge on any atom is 0.292 e. The molecule has 0 bridgehead atoms. The topological polar surface area (TPSA) is 75.9 Å². The van der Waals surface area contributed by atoms with Gasteiger partial charge in [-0.15, -0.1) is 0 Å². The van der Waals surface area contributed by atoms with E-state index in [0.717, 1.165) is 18.4 Å². The van der Waals surface area contributed by atoms with Crippen LogP contribution in [0.3, 0.4) is 0 Å². The molecule has 8 heteroatoms. The number of carbonyl (C=O) groups excluding carboxylic acids is 2. The van der Waals surface area contributed by atoms with Crippen LogP contribution in [0.1, 0.15) is 41.1 Å². The van der Waals surface area contributed by atoms with E-state index in [2.05, 4.69) is 5.16 Å². The predicted octanol–water partition coefficient (Wildman–Crippen LogP) is 4.99. The fraction of sp³-hybridized carbons (Fsp3) is 0.370. The van der Waals surface area contributed by atoms with Crippen LogP contribution in [0.25, 0.3) is 0 Å². The van der Waals surface area contributed by atoms with E-state index >= 15 is 0 Å². The van der Waals surface area contributed by atoms with E-state index in [9.17, 15) is 9.59 Å². The number of amides is 2. The van der Waals surface area contributed by atoms with Crippen LogP contribution in [0.4, 0.5) is 0 Å². The zero-order chi connectivity index (χ0) is 24.8. The molecule has 2 aromatic carbocycles. The summed E-state index contributed by atoms with van der Waals surface area (Å²) in [5.74, 6) is 0.633. The molecule has 1 saturated heterocycles. The van der Waals surface area contributed by atoms with E-state index in [0.29, 0.717) is 36.1 Å². The number of likely N-dealkylation sites (tertiary alicyclic amines) is 1. The van der Waals surface area contributed by atoms with Gasteiger partial charge in [-0.3, -0.25) is 9.59 Å². The van der Waals surface area contributed by atoms with Gasteiger partial charge in [0.1, 0.15) is 5.75 Å². The first-order valence-electron chi connectivity index (χ1n) is 11.7. The zero-order valence-electron chi connectivity index (χ0n) is 20.1. The van der Waals surface area contributed by atoms with Gasteiger partial charge in [0.2, 0.25) is 11.7 Å². The summed E-state index contributed by atoms with van der Waals surface area (Å²) in [6.07, 6.45) is 1.78. The number of benzene rings is 2. The number of halogens is 1. The first-order chi connectivity index (χ1) is 16.8. The van der Waals surface area contributed by atoms with Gasteiger partial charge in [-0.1, -0.05) is 53.2 Å². The number of piperidine rings is 1. The Hall–Kier alpha value is -3.32. The second-order valence-electron chi connectivity index (χ2n) is 9.32. The van der Waals surface area contributed by atoms with Crippen LogP contribution in [-0.2, 0) is 11.3 Å². The molecule has 0 radical (unpaired) electrons. The molecule has 0 aliphatic carbocycles. The van der Waals surface area contributed by atoms with Crippen LogP contribution in [0.2, 0.25) is 5.02 Å². The van der Waals surface area contributed by atoms with Gasteiger partial charge in [-0.05, 0) is 43.5 Å². The number of aromatic nitrogens is 1. The lowest BCUT2D eigenvalue weighted by Crippen LogP contribution is -2.50. The Bertz CT molecular complexity index is 1170. The SMILES string of the molecule is Cc1cc(C(=O)N2CCCC(COc3cccc(Cl)c3)(CC(=O)N(C)Cc3ccccc3)C2)on1. The summed E-state index contributed by atoms with van der Waals surface area (Å²) in [7, 11) is 1.81. The Balaban J connectivity index is 1.52. The lowest BCUT2D eigenvalue weighted by molar-refractivity contribution is -0.134. The summed E-state index contributed by atoms with van der Waals surface area (Å²) in [4.78, 5) is 30.0. The van der Waals surface area contributed by atoms with Gasteiger partial charge in [0.05, 0.1) is 12.3 Å². The molecule has 1 aliphatic rings. The first-order valence-corrected chi connectivity index (χ1v) is 12.1. The number of nitrogens with zero attached hydrogens (tertiary/aromatic N) is 3. The van der Waals surface area contributed by atoms with Crippen LogP contribution >= 0.6 is 11.6 Å². The van der Waals surface area contributed by atoms with Gasteiger partial charge < -0.3 is 19.1 Å². The summed E-state index contributed by atoms with van der Waals surface area (Å²) in [6, 6.07) is 18.7. The Morgan fingerprint density at radius 2 is 1.97 bits per heavy atom. The average molecular weight is 496 g/mol. The van der Waals surface area contributed by atoms with E-state index in [1.165, 1.54) is 0 Å². The van der Waals surface area contributed by atoms with Gasteiger partial charge in [-0.25, -0.2) is 0 Å². The molecule has 35 heavy (non-hydrogen) atoms. The molecule has 1 atom stereocenters. The van der Waals surface area contributed by atoms with Gasteiger partial charge in [0.15, 0.2) is 0 Å². The minimum atomic E-state index is -0.548. The fourth-order valence-electron chi connectivity index (χ4n) is 4.51. The molecule has 2 heterocycles. The Kier molecular flexibility index (Phi) is 7.76. The van der Waals surface area contributed by atoms with Crippen molar-refractivity contribution >= 4 is 23.4 Å². The van der Waals surface area contributed by atoms with Crippen molar-refractivity contribution in [2.75, 3.05) is 26.7 Å². The van der Waals surface area contributed by atoms with Crippen molar-refractivity contribution in [2.45, 2.75) is 32.7 Å². The molecule has 1 unspecified atom stereocenters. The molecule has 0 N–H and O–H groups in total. The number of rotatable bonds is 8. The van der Waals surface area contributed by atoms with Crippen molar-refractivity contribution in [1.82, 2.24) is 15.0 Å². The van der Waals surface area contributed by atoms with Crippen LogP contribution < -0.4 is 4.74 Å². The largest absolute Gasteiger partial charge is 0.493 e. The molecule has 1 aromatic heterocycles. The Morgan fingerprint density at radius 1 is 1.17 bits per heavy atom. The molecule has 184 valence electrons. The lowest BCUT2D eigenvalue weighted by atomic mass is 9.77. The van der Waals surface area contributed by atoms with Crippen molar-refractivity contribution < 1.29 is 18.8 Å². The molecule has 0 spiro atoms. The molecule has 3 aromatic rings. The zero-order valence-corrected chi connectivity index (χ0v) is 20.8. The molecule has 4 rings (SSSR count). The van der Waals surface area contributed by atoms with Gasteiger partial charge in [0.25, 0.3) is 5.91 Å². The number of hydrogen-bond donors (Lipinski definition) is 0. The lowest BCUT2D eigenvalue weighted by Gasteiger charge is -2.42. The molecular weight excluding hydrogens is 466 g/mol. The third-order valence-corrected chi connectivity index (χ3v) is 6.58. The smallest absolute Gasteiger partial charge is 0.292 e. The molecule has 1 fully saturated rings.